The molecule has 2 fully saturated rings. The van der Waals surface area contributed by atoms with Gasteiger partial charge in [-0.3, -0.25) is 9.59 Å². The van der Waals surface area contributed by atoms with Gasteiger partial charge in [-0.05, 0) is 57.0 Å². The molecule has 0 bridgehead atoms. The van der Waals surface area contributed by atoms with Crippen molar-refractivity contribution in [1.29, 1.82) is 0 Å². The first-order valence-corrected chi connectivity index (χ1v) is 10.2. The van der Waals surface area contributed by atoms with Gasteiger partial charge in [0.15, 0.2) is 0 Å². The fourth-order valence-electron chi connectivity index (χ4n) is 3.49. The largest absolute Gasteiger partial charge is 0.337 e. The molecule has 0 aliphatic carbocycles. The van der Waals surface area contributed by atoms with Crippen LogP contribution < -0.4 is 10.6 Å². The topological polar surface area (TPSA) is 61.4 Å². The van der Waals surface area contributed by atoms with Crippen molar-refractivity contribution in [3.05, 3.63) is 29.3 Å². The van der Waals surface area contributed by atoms with E-state index in [-0.39, 0.29) is 17.7 Å². The molecule has 0 saturated carbocycles. The average molecular weight is 362 g/mol. The molecule has 0 spiro atoms. The van der Waals surface area contributed by atoms with Crippen LogP contribution in [0.15, 0.2) is 18.2 Å². The van der Waals surface area contributed by atoms with E-state index in [4.69, 9.17) is 0 Å². The van der Waals surface area contributed by atoms with Crippen LogP contribution >= 0.6 is 11.8 Å². The number of nitrogens with one attached hydrogen (secondary N) is 2. The number of anilines is 1. The molecule has 2 saturated heterocycles. The minimum absolute atomic E-state index is 0.0582. The van der Waals surface area contributed by atoms with Crippen molar-refractivity contribution < 1.29 is 9.59 Å². The number of aryl methyl sites for hydroxylation is 1. The van der Waals surface area contributed by atoms with E-state index < -0.39 is 0 Å². The standard InChI is InChI=1S/C19H27N3O2S/c1-13-11-16(19(24)22-7-9-25-10-8-22)3-4-17(13)21-18(23)15-5-6-20-14(2)12-15/h3-4,11,14-15,20H,5-10,12H2,1-2H3,(H,21,23)/t14-,15-/m0/s1. The van der Waals surface area contributed by atoms with Crippen molar-refractivity contribution in [2.75, 3.05) is 36.5 Å². The van der Waals surface area contributed by atoms with Gasteiger partial charge in [-0.15, -0.1) is 0 Å². The molecule has 3 rings (SSSR count). The first-order valence-electron chi connectivity index (χ1n) is 9.06. The van der Waals surface area contributed by atoms with Crippen molar-refractivity contribution in [1.82, 2.24) is 10.2 Å². The Morgan fingerprint density at radius 1 is 1.28 bits per heavy atom. The van der Waals surface area contributed by atoms with E-state index in [9.17, 15) is 9.59 Å². The van der Waals surface area contributed by atoms with Crippen LogP contribution in [0, 0.1) is 12.8 Å². The highest BCUT2D eigenvalue weighted by molar-refractivity contribution is 7.99. The number of rotatable bonds is 3. The van der Waals surface area contributed by atoms with E-state index in [1.54, 1.807) is 0 Å². The minimum Gasteiger partial charge on any atom is -0.337 e. The third-order valence-corrected chi connectivity index (χ3v) is 5.97. The molecule has 0 unspecified atom stereocenters. The minimum atomic E-state index is 0.0582. The number of carbonyl (C=O) groups is 2. The second-order valence-corrected chi connectivity index (χ2v) is 8.22. The maximum absolute atomic E-state index is 12.6. The van der Waals surface area contributed by atoms with Gasteiger partial charge in [-0.25, -0.2) is 0 Å². The van der Waals surface area contributed by atoms with Crippen LogP contribution in [0.25, 0.3) is 0 Å². The number of carbonyl (C=O) groups excluding carboxylic acids is 2. The highest BCUT2D eigenvalue weighted by Gasteiger charge is 2.25. The quantitative estimate of drug-likeness (QED) is 0.868. The Morgan fingerprint density at radius 2 is 2.04 bits per heavy atom. The van der Waals surface area contributed by atoms with Gasteiger partial charge in [0.1, 0.15) is 0 Å². The fourth-order valence-corrected chi connectivity index (χ4v) is 4.39. The van der Waals surface area contributed by atoms with Crippen molar-refractivity contribution in [2.24, 2.45) is 5.92 Å². The normalized spacial score (nSPS) is 24.0. The van der Waals surface area contributed by atoms with Crippen molar-refractivity contribution in [3.8, 4) is 0 Å². The highest BCUT2D eigenvalue weighted by atomic mass is 32.2. The van der Waals surface area contributed by atoms with Crippen molar-refractivity contribution in [3.63, 3.8) is 0 Å². The summed E-state index contributed by atoms with van der Waals surface area (Å²) >= 11 is 1.89. The maximum Gasteiger partial charge on any atom is 0.253 e. The molecule has 2 heterocycles. The summed E-state index contributed by atoms with van der Waals surface area (Å²) in [6.45, 7) is 6.58. The second-order valence-electron chi connectivity index (χ2n) is 7.00. The Morgan fingerprint density at radius 3 is 2.72 bits per heavy atom. The smallest absolute Gasteiger partial charge is 0.253 e. The number of piperidine rings is 1. The zero-order valence-electron chi connectivity index (χ0n) is 15.0. The van der Waals surface area contributed by atoms with Crippen LogP contribution in [0.3, 0.4) is 0 Å². The van der Waals surface area contributed by atoms with Gasteiger partial charge in [0.25, 0.3) is 5.91 Å². The highest BCUT2D eigenvalue weighted by Crippen LogP contribution is 2.22. The summed E-state index contributed by atoms with van der Waals surface area (Å²) in [5.41, 5.74) is 2.45. The van der Waals surface area contributed by atoms with E-state index in [1.165, 1.54) is 0 Å². The average Bonchev–Trinajstić information content (AvgIpc) is 2.63. The molecule has 6 heteroatoms. The predicted molar refractivity (Wildman–Crippen MR) is 103 cm³/mol. The van der Waals surface area contributed by atoms with E-state index in [0.29, 0.717) is 11.6 Å². The summed E-state index contributed by atoms with van der Waals surface area (Å²) in [4.78, 5) is 27.0. The third kappa shape index (κ3) is 4.55. The Hall–Kier alpha value is -1.53. The lowest BCUT2D eigenvalue weighted by Gasteiger charge is -2.28. The molecule has 1 aromatic carbocycles. The number of hydrogen-bond donors (Lipinski definition) is 2. The van der Waals surface area contributed by atoms with Gasteiger partial charge in [-0.2, -0.15) is 11.8 Å². The summed E-state index contributed by atoms with van der Waals surface area (Å²) < 4.78 is 0. The van der Waals surface area contributed by atoms with Gasteiger partial charge < -0.3 is 15.5 Å². The lowest BCUT2D eigenvalue weighted by Crippen LogP contribution is -2.40. The van der Waals surface area contributed by atoms with Crippen molar-refractivity contribution in [2.45, 2.75) is 32.7 Å². The lowest BCUT2D eigenvalue weighted by atomic mass is 9.92. The number of thioether (sulfide) groups is 1. The number of hydrogen-bond acceptors (Lipinski definition) is 4. The van der Waals surface area contributed by atoms with Crippen LogP contribution in [0.2, 0.25) is 0 Å². The first kappa shape index (κ1) is 18.3. The van der Waals surface area contributed by atoms with Crippen molar-refractivity contribution >= 4 is 29.3 Å². The third-order valence-electron chi connectivity index (χ3n) is 5.02. The van der Waals surface area contributed by atoms with Crippen LogP contribution in [-0.2, 0) is 4.79 Å². The Kier molecular flexibility index (Phi) is 6.02. The van der Waals surface area contributed by atoms with Gasteiger partial charge in [-0.1, -0.05) is 0 Å². The summed E-state index contributed by atoms with van der Waals surface area (Å²) in [6.07, 6.45) is 1.74. The lowest BCUT2D eigenvalue weighted by molar-refractivity contribution is -0.120. The summed E-state index contributed by atoms with van der Waals surface area (Å²) in [5.74, 6) is 2.25. The molecular weight excluding hydrogens is 334 g/mol. The summed E-state index contributed by atoms with van der Waals surface area (Å²) in [7, 11) is 0. The molecule has 2 N–H and O–H groups in total. The van der Waals surface area contributed by atoms with Gasteiger partial charge in [0, 0.05) is 47.8 Å². The fraction of sp³-hybridized carbons (Fsp3) is 0.579. The van der Waals surface area contributed by atoms with E-state index in [1.807, 2.05) is 41.8 Å². The van der Waals surface area contributed by atoms with Gasteiger partial charge in [0.2, 0.25) is 5.91 Å². The molecule has 25 heavy (non-hydrogen) atoms. The maximum atomic E-state index is 12.6. The molecule has 0 aromatic heterocycles. The second kappa shape index (κ2) is 8.23. The van der Waals surface area contributed by atoms with Gasteiger partial charge in [0.05, 0.1) is 0 Å². The molecule has 2 aliphatic heterocycles. The Bertz CT molecular complexity index is 644. The van der Waals surface area contributed by atoms with Crippen LogP contribution in [0.4, 0.5) is 5.69 Å². The van der Waals surface area contributed by atoms with E-state index in [0.717, 1.165) is 55.2 Å². The zero-order valence-corrected chi connectivity index (χ0v) is 15.8. The number of nitrogens with zero attached hydrogens (tertiary/aromatic N) is 1. The Labute approximate surface area is 153 Å². The zero-order chi connectivity index (χ0) is 17.8. The van der Waals surface area contributed by atoms with E-state index in [2.05, 4.69) is 17.6 Å². The molecule has 2 atom stereocenters. The molecule has 2 amide bonds. The molecule has 5 nitrogen and oxygen atoms in total. The summed E-state index contributed by atoms with van der Waals surface area (Å²) in [6, 6.07) is 5.97. The van der Waals surface area contributed by atoms with E-state index >= 15 is 0 Å². The predicted octanol–water partition coefficient (Wildman–Crippen LogP) is 2.51. The van der Waals surface area contributed by atoms with Crippen LogP contribution in [0.1, 0.15) is 35.7 Å². The molecule has 1 aromatic rings. The monoisotopic (exact) mass is 361 g/mol. The SMILES string of the molecule is Cc1cc(C(=O)N2CCSCC2)ccc1NC(=O)[C@H]1CCN[C@@H](C)C1. The number of amides is 2. The molecular formula is C19H27N3O2S. The first-order chi connectivity index (χ1) is 12.0. The number of benzene rings is 1. The molecule has 136 valence electrons. The Balaban J connectivity index is 1.65. The molecule has 2 aliphatic rings. The van der Waals surface area contributed by atoms with Gasteiger partial charge >= 0.3 is 0 Å². The van der Waals surface area contributed by atoms with Crippen LogP contribution in [-0.4, -0.2) is 53.9 Å². The summed E-state index contributed by atoms with van der Waals surface area (Å²) in [5, 5.41) is 6.42. The van der Waals surface area contributed by atoms with Crippen LogP contribution in [0.5, 0.6) is 0 Å². The molecule has 0 radical (unpaired) electrons.